The van der Waals surface area contributed by atoms with E-state index in [9.17, 15) is 0 Å². The van der Waals surface area contributed by atoms with Crippen LogP contribution in [0.2, 0.25) is 0 Å². The Hall–Kier alpha value is -2.77. The molecule has 0 spiro atoms. The minimum Gasteiger partial charge on any atom is -0.463 e. The first kappa shape index (κ1) is 13.2. The molecule has 8 nitrogen and oxygen atoms in total. The topological polar surface area (TPSA) is 102 Å². The third-order valence-electron chi connectivity index (χ3n) is 2.60. The minimum atomic E-state index is 0.0341. The van der Waals surface area contributed by atoms with Crippen LogP contribution in [0.5, 0.6) is 29.3 Å². The molecule has 0 bridgehead atoms. The first-order chi connectivity index (χ1) is 10.2. The minimum absolute atomic E-state index is 0.0341. The van der Waals surface area contributed by atoms with E-state index in [4.69, 9.17) is 24.7 Å². The van der Waals surface area contributed by atoms with Crippen molar-refractivity contribution in [3.8, 4) is 29.3 Å². The summed E-state index contributed by atoms with van der Waals surface area (Å²) in [4.78, 5) is 11.8. The monoisotopic (exact) mass is 290 g/mol. The second kappa shape index (κ2) is 5.70. The van der Waals surface area contributed by atoms with Crippen molar-refractivity contribution < 1.29 is 18.9 Å². The molecular weight excluding hydrogens is 276 g/mol. The lowest BCUT2D eigenvalue weighted by Gasteiger charge is -2.07. The van der Waals surface area contributed by atoms with Crippen molar-refractivity contribution in [2.45, 2.75) is 13.3 Å². The van der Waals surface area contributed by atoms with Crippen LogP contribution in [-0.4, -0.2) is 28.4 Å². The first-order valence-corrected chi connectivity index (χ1v) is 6.46. The Morgan fingerprint density at radius 2 is 1.95 bits per heavy atom. The van der Waals surface area contributed by atoms with E-state index >= 15 is 0 Å². The van der Waals surface area contributed by atoms with Crippen molar-refractivity contribution in [3.05, 3.63) is 18.2 Å². The summed E-state index contributed by atoms with van der Waals surface area (Å²) < 4.78 is 21.4. The molecule has 8 heteroatoms. The number of nitrogen functional groups attached to an aromatic ring is 1. The van der Waals surface area contributed by atoms with Gasteiger partial charge in [-0.1, -0.05) is 6.92 Å². The number of hydrogen-bond donors (Lipinski definition) is 1. The lowest BCUT2D eigenvalue weighted by atomic mass is 10.3. The summed E-state index contributed by atoms with van der Waals surface area (Å²) in [6, 6.07) is 5.36. The summed E-state index contributed by atoms with van der Waals surface area (Å²) in [7, 11) is 0. The van der Waals surface area contributed by atoms with Crippen LogP contribution in [0.3, 0.4) is 0 Å². The van der Waals surface area contributed by atoms with Crippen LogP contribution in [0.15, 0.2) is 18.2 Å². The predicted molar refractivity (Wildman–Crippen MR) is 72.7 cm³/mol. The Morgan fingerprint density at radius 3 is 2.81 bits per heavy atom. The Labute approximate surface area is 120 Å². The van der Waals surface area contributed by atoms with Gasteiger partial charge in [0, 0.05) is 6.07 Å². The van der Waals surface area contributed by atoms with Gasteiger partial charge < -0.3 is 24.7 Å². The van der Waals surface area contributed by atoms with Crippen LogP contribution in [0.4, 0.5) is 5.95 Å². The number of fused-ring (bicyclic) bond motifs is 1. The second-order valence-corrected chi connectivity index (χ2v) is 4.22. The van der Waals surface area contributed by atoms with Gasteiger partial charge in [0.25, 0.3) is 0 Å². The SMILES string of the molecule is CCCOc1nc(N)nc(Oc2ccc3c(c2)OCO3)n1. The van der Waals surface area contributed by atoms with E-state index in [0.717, 1.165) is 6.42 Å². The smallest absolute Gasteiger partial charge is 0.330 e. The third-order valence-corrected chi connectivity index (χ3v) is 2.60. The number of ether oxygens (including phenoxy) is 4. The molecule has 2 aromatic rings. The molecule has 1 aliphatic heterocycles. The summed E-state index contributed by atoms with van der Waals surface area (Å²) in [5.41, 5.74) is 5.61. The lowest BCUT2D eigenvalue weighted by Crippen LogP contribution is -2.05. The maximum atomic E-state index is 5.61. The van der Waals surface area contributed by atoms with E-state index in [1.807, 2.05) is 6.92 Å². The van der Waals surface area contributed by atoms with Crippen molar-refractivity contribution in [2.24, 2.45) is 0 Å². The summed E-state index contributed by atoms with van der Waals surface area (Å²) >= 11 is 0. The van der Waals surface area contributed by atoms with Crippen LogP contribution < -0.4 is 24.7 Å². The molecule has 0 atom stereocenters. The molecule has 2 heterocycles. The number of benzene rings is 1. The maximum absolute atomic E-state index is 5.61. The Morgan fingerprint density at radius 1 is 1.14 bits per heavy atom. The van der Waals surface area contributed by atoms with Gasteiger partial charge in [-0.05, 0) is 18.6 Å². The number of anilines is 1. The van der Waals surface area contributed by atoms with E-state index in [1.165, 1.54) is 0 Å². The van der Waals surface area contributed by atoms with E-state index in [2.05, 4.69) is 15.0 Å². The van der Waals surface area contributed by atoms with Gasteiger partial charge in [-0.25, -0.2) is 0 Å². The zero-order valence-electron chi connectivity index (χ0n) is 11.4. The highest BCUT2D eigenvalue weighted by Crippen LogP contribution is 2.36. The molecule has 0 amide bonds. The van der Waals surface area contributed by atoms with Crippen LogP contribution in [0.25, 0.3) is 0 Å². The summed E-state index contributed by atoms with van der Waals surface area (Å²) in [5.74, 6) is 1.82. The number of rotatable bonds is 5. The average molecular weight is 290 g/mol. The van der Waals surface area contributed by atoms with Crippen LogP contribution in [0.1, 0.15) is 13.3 Å². The second-order valence-electron chi connectivity index (χ2n) is 4.22. The van der Waals surface area contributed by atoms with Crippen molar-refractivity contribution >= 4 is 5.95 Å². The molecule has 0 fully saturated rings. The summed E-state index contributed by atoms with van der Waals surface area (Å²) in [6.45, 7) is 2.67. The molecule has 3 rings (SSSR count). The van der Waals surface area contributed by atoms with Crippen LogP contribution in [0, 0.1) is 0 Å². The van der Waals surface area contributed by atoms with Gasteiger partial charge in [-0.2, -0.15) is 9.97 Å². The zero-order valence-corrected chi connectivity index (χ0v) is 11.4. The van der Waals surface area contributed by atoms with Gasteiger partial charge in [0.15, 0.2) is 11.5 Å². The number of nitrogens with two attached hydrogens (primary N) is 1. The van der Waals surface area contributed by atoms with Crippen molar-refractivity contribution in [3.63, 3.8) is 0 Å². The highest BCUT2D eigenvalue weighted by atomic mass is 16.7. The summed E-state index contributed by atoms with van der Waals surface area (Å²) in [6.07, 6.45) is 0.837. The molecule has 0 unspecified atom stereocenters. The van der Waals surface area contributed by atoms with Gasteiger partial charge in [0.2, 0.25) is 12.7 Å². The quantitative estimate of drug-likeness (QED) is 0.888. The Bertz CT molecular complexity index is 650. The standard InChI is InChI=1S/C13H14N4O4/c1-2-5-18-12-15-11(14)16-13(17-12)21-8-3-4-9-10(6-8)20-7-19-9/h3-4,6H,2,5,7H2,1H3,(H2,14,15,16,17). The lowest BCUT2D eigenvalue weighted by molar-refractivity contribution is 0.174. The molecule has 0 saturated heterocycles. The molecule has 2 N–H and O–H groups in total. The molecule has 1 aliphatic rings. The molecule has 1 aromatic carbocycles. The van der Waals surface area contributed by atoms with Crippen LogP contribution in [-0.2, 0) is 0 Å². The van der Waals surface area contributed by atoms with Crippen molar-refractivity contribution in [1.29, 1.82) is 0 Å². The third kappa shape index (κ3) is 3.04. The highest BCUT2D eigenvalue weighted by molar-refractivity contribution is 5.47. The fraction of sp³-hybridized carbons (Fsp3) is 0.308. The zero-order chi connectivity index (χ0) is 14.7. The number of nitrogens with zero attached hydrogens (tertiary/aromatic N) is 3. The molecule has 21 heavy (non-hydrogen) atoms. The normalized spacial score (nSPS) is 12.2. The van der Waals surface area contributed by atoms with Crippen molar-refractivity contribution in [2.75, 3.05) is 19.1 Å². The number of aromatic nitrogens is 3. The largest absolute Gasteiger partial charge is 0.463 e. The van der Waals surface area contributed by atoms with E-state index in [0.29, 0.717) is 23.9 Å². The summed E-state index contributed by atoms with van der Waals surface area (Å²) in [5, 5.41) is 0. The van der Waals surface area contributed by atoms with E-state index < -0.39 is 0 Å². The molecule has 110 valence electrons. The molecule has 0 aliphatic carbocycles. The highest BCUT2D eigenvalue weighted by Gasteiger charge is 2.15. The molecular formula is C13H14N4O4. The van der Waals surface area contributed by atoms with Crippen molar-refractivity contribution in [1.82, 2.24) is 15.0 Å². The van der Waals surface area contributed by atoms with Gasteiger partial charge in [-0.15, -0.1) is 4.98 Å². The molecule has 0 radical (unpaired) electrons. The molecule has 1 aromatic heterocycles. The van der Waals surface area contributed by atoms with Gasteiger partial charge >= 0.3 is 12.0 Å². The molecule has 0 saturated carbocycles. The first-order valence-electron chi connectivity index (χ1n) is 6.46. The van der Waals surface area contributed by atoms with Gasteiger partial charge in [-0.3, -0.25) is 0 Å². The maximum Gasteiger partial charge on any atom is 0.330 e. The van der Waals surface area contributed by atoms with Gasteiger partial charge in [0.1, 0.15) is 5.75 Å². The Kier molecular flexibility index (Phi) is 3.59. The predicted octanol–water partition coefficient (Wildman–Crippen LogP) is 1.76. The van der Waals surface area contributed by atoms with E-state index in [-0.39, 0.29) is 24.8 Å². The Balaban J connectivity index is 1.79. The van der Waals surface area contributed by atoms with E-state index in [1.54, 1.807) is 18.2 Å². The fourth-order valence-electron chi connectivity index (χ4n) is 1.70. The van der Waals surface area contributed by atoms with Crippen LogP contribution >= 0.6 is 0 Å². The fourth-order valence-corrected chi connectivity index (χ4v) is 1.70. The number of hydrogen-bond acceptors (Lipinski definition) is 8. The average Bonchev–Trinajstić information content (AvgIpc) is 2.92. The van der Waals surface area contributed by atoms with Gasteiger partial charge in [0.05, 0.1) is 6.61 Å².